The lowest BCUT2D eigenvalue weighted by Crippen LogP contribution is -2.46. The number of halogens is 3. The van der Waals surface area contributed by atoms with Crippen LogP contribution in [0.4, 0.5) is 18.9 Å². The number of methoxy groups -OCH3 is 2. The molecule has 214 valence electrons. The van der Waals surface area contributed by atoms with Crippen LogP contribution in [0, 0.1) is 28.8 Å². The summed E-state index contributed by atoms with van der Waals surface area (Å²) in [7, 11) is 0.555. The molecular formula is C28H27BF3N3O6. The lowest BCUT2D eigenvalue weighted by atomic mass is 9.75. The van der Waals surface area contributed by atoms with Crippen LogP contribution in [0.2, 0.25) is 0 Å². The number of carbonyl (C=O) groups is 2. The molecule has 1 saturated heterocycles. The quantitative estimate of drug-likeness (QED) is 0.328. The Balaban J connectivity index is 2.13. The molecule has 0 radical (unpaired) electrons. The third-order valence-corrected chi connectivity index (χ3v) is 7.51. The van der Waals surface area contributed by atoms with Gasteiger partial charge in [-0.1, -0.05) is 30.3 Å². The molecular weight excluding hydrogens is 542 g/mol. The van der Waals surface area contributed by atoms with E-state index in [4.69, 9.17) is 24.5 Å². The summed E-state index contributed by atoms with van der Waals surface area (Å²) in [6, 6.07) is 10.7. The Morgan fingerprint density at radius 1 is 1.00 bits per heavy atom. The molecule has 1 unspecified atom stereocenters. The molecule has 2 heterocycles. The predicted octanol–water partition coefficient (Wildman–Crippen LogP) is 3.30. The lowest BCUT2D eigenvalue weighted by molar-refractivity contribution is -0.139. The van der Waals surface area contributed by atoms with Crippen LogP contribution in [0.5, 0.6) is 0 Å². The van der Waals surface area contributed by atoms with Crippen LogP contribution in [-0.4, -0.2) is 44.5 Å². The van der Waals surface area contributed by atoms with Gasteiger partial charge in [0.25, 0.3) is 0 Å². The van der Waals surface area contributed by atoms with Gasteiger partial charge in [0.05, 0.1) is 54.2 Å². The Bertz CT molecular complexity index is 1520. The van der Waals surface area contributed by atoms with E-state index in [0.29, 0.717) is 16.5 Å². The summed E-state index contributed by atoms with van der Waals surface area (Å²) >= 11 is 0. The zero-order valence-electron chi connectivity index (χ0n) is 23.2. The van der Waals surface area contributed by atoms with E-state index in [1.165, 1.54) is 0 Å². The topological polar surface area (TPSA) is 124 Å². The van der Waals surface area contributed by atoms with Gasteiger partial charge < -0.3 is 24.5 Å². The van der Waals surface area contributed by atoms with E-state index in [9.17, 15) is 23.6 Å². The van der Waals surface area contributed by atoms with Crippen molar-refractivity contribution in [2.75, 3.05) is 19.1 Å². The summed E-state index contributed by atoms with van der Waals surface area (Å²) in [4.78, 5) is 27.3. The van der Waals surface area contributed by atoms with Gasteiger partial charge in [0.2, 0.25) is 0 Å². The van der Waals surface area contributed by atoms with Crippen LogP contribution in [0.3, 0.4) is 0 Å². The van der Waals surface area contributed by atoms with Gasteiger partial charge in [0, 0.05) is 5.46 Å². The van der Waals surface area contributed by atoms with Crippen LogP contribution in [-0.2, 0) is 28.4 Å². The molecule has 0 saturated carbocycles. The lowest BCUT2D eigenvalue weighted by Gasteiger charge is -2.37. The molecule has 2 N–H and O–H groups in total. The van der Waals surface area contributed by atoms with Crippen LogP contribution in [0.15, 0.2) is 59.1 Å². The van der Waals surface area contributed by atoms with Crippen LogP contribution >= 0.6 is 0 Å². The number of carbonyl (C=O) groups excluding carboxylic acids is 2. The maximum Gasteiger partial charge on any atom is 0.497 e. The summed E-state index contributed by atoms with van der Waals surface area (Å²) in [6.07, 6.45) is 0. The highest BCUT2D eigenvalue weighted by Gasteiger charge is 2.54. The summed E-state index contributed by atoms with van der Waals surface area (Å²) < 4.78 is 67.4. The molecule has 0 spiro atoms. The molecule has 2 aromatic carbocycles. The number of allylic oxidation sites excluding steroid dienone is 1. The Morgan fingerprint density at radius 2 is 1.56 bits per heavy atom. The Morgan fingerprint density at radius 3 is 2.07 bits per heavy atom. The number of nitrogens with two attached hydrogens (primary N) is 1. The number of rotatable bonds is 5. The van der Waals surface area contributed by atoms with Crippen molar-refractivity contribution in [2.45, 2.75) is 44.8 Å². The smallest absolute Gasteiger partial charge is 0.466 e. The molecule has 0 aliphatic carbocycles. The van der Waals surface area contributed by atoms with Crippen molar-refractivity contribution in [1.29, 1.82) is 5.26 Å². The van der Waals surface area contributed by atoms with Gasteiger partial charge in [0.15, 0.2) is 17.5 Å². The fourth-order valence-corrected chi connectivity index (χ4v) is 4.73. The molecule has 1 atom stereocenters. The van der Waals surface area contributed by atoms with E-state index < -0.39 is 81.9 Å². The van der Waals surface area contributed by atoms with E-state index in [0.717, 1.165) is 14.2 Å². The SMILES string of the molecule is COC(=O)C1=C(C(=O)OC)N(c2c(B3OC(C)(C)C(C)(C)O3)cc(F)c(F)c2F)C(N)=C(C#N)C1c1ccccc1. The molecule has 2 aromatic rings. The third-order valence-electron chi connectivity index (χ3n) is 7.51. The highest BCUT2D eigenvalue weighted by Crippen LogP contribution is 2.45. The molecule has 0 bridgehead atoms. The van der Waals surface area contributed by atoms with Crippen molar-refractivity contribution in [3.8, 4) is 6.07 Å². The molecule has 13 heteroatoms. The number of hydrogen-bond donors (Lipinski definition) is 1. The van der Waals surface area contributed by atoms with E-state index in [2.05, 4.69) is 0 Å². The molecule has 0 aromatic heterocycles. The Labute approximate surface area is 235 Å². The van der Waals surface area contributed by atoms with Gasteiger partial charge in [-0.25, -0.2) is 22.8 Å². The third kappa shape index (κ3) is 4.73. The first kappa shape index (κ1) is 29.7. The first-order valence-corrected chi connectivity index (χ1v) is 12.4. The second kappa shape index (κ2) is 10.6. The zero-order valence-corrected chi connectivity index (χ0v) is 23.2. The standard InChI is InChI=1S/C28H27BF3N3O6/c1-27(2)28(3,4)41-29(40-27)16-12-17(30)20(31)21(32)22(16)35-23(26(37)39-6)19(25(36)38-5)18(15(13-33)24(35)34)14-10-8-7-9-11-14/h7-12,18H,34H2,1-6H3. The second-order valence-electron chi connectivity index (χ2n) is 10.3. The summed E-state index contributed by atoms with van der Waals surface area (Å²) in [5, 5.41) is 10.2. The molecule has 9 nitrogen and oxygen atoms in total. The highest BCUT2D eigenvalue weighted by atomic mass is 19.2. The first-order chi connectivity index (χ1) is 19.2. The number of esters is 2. The van der Waals surface area contributed by atoms with Gasteiger partial charge in [-0.3, -0.25) is 4.90 Å². The van der Waals surface area contributed by atoms with Crippen LogP contribution < -0.4 is 16.1 Å². The number of anilines is 1. The molecule has 41 heavy (non-hydrogen) atoms. The van der Waals surface area contributed by atoms with Crippen molar-refractivity contribution in [2.24, 2.45) is 5.73 Å². The van der Waals surface area contributed by atoms with Crippen LogP contribution in [0.25, 0.3) is 0 Å². The van der Waals surface area contributed by atoms with Crippen molar-refractivity contribution >= 4 is 30.2 Å². The maximum absolute atomic E-state index is 15.9. The van der Waals surface area contributed by atoms with E-state index in [-0.39, 0.29) is 5.57 Å². The molecule has 1 fully saturated rings. The van der Waals surface area contributed by atoms with Crippen LogP contribution in [0.1, 0.15) is 39.2 Å². The Kier molecular flexibility index (Phi) is 7.68. The first-order valence-electron chi connectivity index (χ1n) is 12.4. The predicted molar refractivity (Wildman–Crippen MR) is 142 cm³/mol. The van der Waals surface area contributed by atoms with Crippen molar-refractivity contribution in [1.82, 2.24) is 0 Å². The van der Waals surface area contributed by atoms with Gasteiger partial charge in [-0.05, 0) is 39.3 Å². The summed E-state index contributed by atoms with van der Waals surface area (Å²) in [6.45, 7) is 6.74. The molecule has 0 amide bonds. The largest absolute Gasteiger partial charge is 0.497 e. The number of hydrogen-bond acceptors (Lipinski definition) is 9. The van der Waals surface area contributed by atoms with Gasteiger partial charge in [-0.15, -0.1) is 0 Å². The van der Waals surface area contributed by atoms with Gasteiger partial charge >= 0.3 is 19.1 Å². The fraction of sp³-hybridized carbons (Fsp3) is 0.321. The summed E-state index contributed by atoms with van der Waals surface area (Å²) in [5.74, 6) is -9.33. The zero-order chi connectivity index (χ0) is 30.4. The van der Waals surface area contributed by atoms with E-state index in [1.54, 1.807) is 58.0 Å². The number of ether oxygens (including phenoxy) is 2. The van der Waals surface area contributed by atoms with Gasteiger partial charge in [0.1, 0.15) is 11.5 Å². The summed E-state index contributed by atoms with van der Waals surface area (Å²) in [5.41, 5.74) is 2.18. The monoisotopic (exact) mass is 569 g/mol. The molecule has 2 aliphatic rings. The second-order valence-corrected chi connectivity index (χ2v) is 10.3. The average Bonchev–Trinajstić information content (AvgIpc) is 3.16. The fourth-order valence-electron chi connectivity index (χ4n) is 4.73. The molecule has 2 aliphatic heterocycles. The molecule has 4 rings (SSSR count). The average molecular weight is 569 g/mol. The number of nitrogens with zero attached hydrogens (tertiary/aromatic N) is 2. The van der Waals surface area contributed by atoms with E-state index in [1.807, 2.05) is 6.07 Å². The van der Waals surface area contributed by atoms with E-state index >= 15 is 4.39 Å². The minimum Gasteiger partial charge on any atom is -0.466 e. The van der Waals surface area contributed by atoms with Crippen molar-refractivity contribution in [3.63, 3.8) is 0 Å². The minimum absolute atomic E-state index is 0.298. The minimum atomic E-state index is -1.90. The van der Waals surface area contributed by atoms with Crippen molar-refractivity contribution in [3.05, 3.63) is 82.1 Å². The Hall–Kier alpha value is -4.28. The van der Waals surface area contributed by atoms with Crippen molar-refractivity contribution < 1.29 is 41.5 Å². The maximum atomic E-state index is 15.9. The normalized spacial score (nSPS) is 19.8. The number of nitriles is 1. The number of benzene rings is 2. The highest BCUT2D eigenvalue weighted by molar-refractivity contribution is 6.64. The van der Waals surface area contributed by atoms with Gasteiger partial charge in [-0.2, -0.15) is 5.26 Å².